The predicted molar refractivity (Wildman–Crippen MR) is 113 cm³/mol. The molecule has 0 saturated carbocycles. The predicted octanol–water partition coefficient (Wildman–Crippen LogP) is 2.96. The van der Waals surface area contributed by atoms with Crippen LogP contribution in [0, 0.1) is 11.8 Å². The quantitative estimate of drug-likeness (QED) is 0.401. The van der Waals surface area contributed by atoms with Crippen LogP contribution >= 0.6 is 24.0 Å². The number of nitrogens with one attached hydrogen (secondary N) is 2. The average molecular weight is 446 g/mol. The number of nitrogens with zero attached hydrogens (tertiary/aromatic N) is 2. The molecule has 1 heterocycles. The third kappa shape index (κ3) is 6.37. The molecule has 1 aliphatic rings. The summed E-state index contributed by atoms with van der Waals surface area (Å²) < 4.78 is 5.32. The number of anilines is 1. The second-order valence-corrected chi connectivity index (χ2v) is 6.53. The molecule has 0 bridgehead atoms. The molecule has 2 rings (SSSR count). The zero-order chi connectivity index (χ0) is 16.7. The van der Waals surface area contributed by atoms with Gasteiger partial charge in [0.05, 0.1) is 7.11 Å². The van der Waals surface area contributed by atoms with Crippen LogP contribution in [0.4, 0.5) is 5.69 Å². The molecule has 1 saturated heterocycles. The Labute approximate surface area is 163 Å². The van der Waals surface area contributed by atoms with Gasteiger partial charge in [0.2, 0.25) is 0 Å². The smallest absolute Gasteiger partial charge is 0.190 e. The van der Waals surface area contributed by atoms with Gasteiger partial charge in [0.1, 0.15) is 5.75 Å². The minimum Gasteiger partial charge on any atom is -0.497 e. The first-order valence-corrected chi connectivity index (χ1v) is 8.46. The minimum atomic E-state index is 0. The van der Waals surface area contributed by atoms with Crippen molar-refractivity contribution in [3.05, 3.63) is 24.3 Å². The average Bonchev–Trinajstić information content (AvgIpc) is 3.04. The Hall–Kier alpha value is -1.18. The second-order valence-electron chi connectivity index (χ2n) is 6.53. The van der Waals surface area contributed by atoms with E-state index < -0.39 is 0 Å². The molecule has 6 heteroatoms. The molecule has 0 amide bonds. The Morgan fingerprint density at radius 1 is 1.38 bits per heavy atom. The maximum Gasteiger partial charge on any atom is 0.190 e. The molecule has 1 aromatic rings. The normalized spacial score (nSPS) is 17.6. The number of benzene rings is 1. The number of guanidine groups is 1. The Morgan fingerprint density at radius 2 is 2.17 bits per heavy atom. The summed E-state index contributed by atoms with van der Waals surface area (Å²) in [5, 5.41) is 6.81. The van der Waals surface area contributed by atoms with Gasteiger partial charge in [-0.25, -0.2) is 0 Å². The van der Waals surface area contributed by atoms with E-state index >= 15 is 0 Å². The largest absolute Gasteiger partial charge is 0.497 e. The summed E-state index contributed by atoms with van der Waals surface area (Å²) in [6.45, 7) is 8.46. The summed E-state index contributed by atoms with van der Waals surface area (Å²) in [6, 6.07) is 8.31. The maximum atomic E-state index is 5.32. The van der Waals surface area contributed by atoms with Gasteiger partial charge < -0.3 is 20.3 Å². The number of aliphatic imine (C=N–C) groups is 1. The lowest BCUT2D eigenvalue weighted by Gasteiger charge is -2.20. The summed E-state index contributed by atoms with van der Waals surface area (Å²) in [7, 11) is 3.54. The molecule has 5 nitrogen and oxygen atoms in total. The van der Waals surface area contributed by atoms with Crippen LogP contribution in [0.2, 0.25) is 0 Å². The fourth-order valence-electron chi connectivity index (χ4n) is 2.80. The molecule has 24 heavy (non-hydrogen) atoms. The van der Waals surface area contributed by atoms with Gasteiger partial charge >= 0.3 is 0 Å². The van der Waals surface area contributed by atoms with E-state index in [2.05, 4.69) is 52.6 Å². The van der Waals surface area contributed by atoms with Crippen LogP contribution in [-0.2, 0) is 0 Å². The summed E-state index contributed by atoms with van der Waals surface area (Å²) in [5.74, 6) is 3.07. The van der Waals surface area contributed by atoms with Crippen molar-refractivity contribution in [1.82, 2.24) is 10.6 Å². The topological polar surface area (TPSA) is 48.9 Å². The minimum absolute atomic E-state index is 0. The highest BCUT2D eigenvalue weighted by atomic mass is 127. The molecule has 1 unspecified atom stereocenters. The standard InChI is InChI=1S/C18H30N4O.HI/c1-14(2)11-20-18(19-3)21-12-15-8-9-22(13-15)16-6-5-7-17(10-16)23-4;/h5-7,10,14-15H,8-9,11-13H2,1-4H3,(H2,19,20,21);1H. The lowest BCUT2D eigenvalue weighted by Crippen LogP contribution is -2.41. The zero-order valence-electron chi connectivity index (χ0n) is 15.2. The van der Waals surface area contributed by atoms with Crippen molar-refractivity contribution in [3.8, 4) is 5.75 Å². The SMILES string of the molecule is CN=C(NCC(C)C)NCC1CCN(c2cccc(OC)c2)C1.I. The second kappa shape index (κ2) is 10.6. The van der Waals surface area contributed by atoms with E-state index in [-0.39, 0.29) is 24.0 Å². The van der Waals surface area contributed by atoms with Crippen molar-refractivity contribution in [2.45, 2.75) is 20.3 Å². The van der Waals surface area contributed by atoms with E-state index in [9.17, 15) is 0 Å². The number of hydrogen-bond acceptors (Lipinski definition) is 3. The number of methoxy groups -OCH3 is 1. The summed E-state index contributed by atoms with van der Waals surface area (Å²) in [4.78, 5) is 6.71. The van der Waals surface area contributed by atoms with Crippen LogP contribution in [0.1, 0.15) is 20.3 Å². The van der Waals surface area contributed by atoms with E-state index in [0.717, 1.165) is 37.9 Å². The number of halogens is 1. The highest BCUT2D eigenvalue weighted by Crippen LogP contribution is 2.26. The van der Waals surface area contributed by atoms with Crippen LogP contribution in [-0.4, -0.2) is 46.3 Å². The Morgan fingerprint density at radius 3 is 2.83 bits per heavy atom. The zero-order valence-corrected chi connectivity index (χ0v) is 17.5. The van der Waals surface area contributed by atoms with Crippen LogP contribution in [0.3, 0.4) is 0 Å². The van der Waals surface area contributed by atoms with Crippen molar-refractivity contribution < 1.29 is 4.74 Å². The summed E-state index contributed by atoms with van der Waals surface area (Å²) in [5.41, 5.74) is 1.24. The Kier molecular flexibility index (Phi) is 9.25. The molecule has 1 atom stereocenters. The fourth-order valence-corrected chi connectivity index (χ4v) is 2.80. The first kappa shape index (κ1) is 20.9. The van der Waals surface area contributed by atoms with Crippen molar-refractivity contribution in [1.29, 1.82) is 0 Å². The molecular weight excluding hydrogens is 415 g/mol. The molecule has 136 valence electrons. The summed E-state index contributed by atoms with van der Waals surface area (Å²) in [6.07, 6.45) is 1.20. The van der Waals surface area contributed by atoms with Gasteiger partial charge in [-0.15, -0.1) is 24.0 Å². The van der Waals surface area contributed by atoms with Crippen molar-refractivity contribution in [3.63, 3.8) is 0 Å². The number of rotatable bonds is 6. The Bertz CT molecular complexity index is 521. The van der Waals surface area contributed by atoms with E-state index in [0.29, 0.717) is 11.8 Å². The fraction of sp³-hybridized carbons (Fsp3) is 0.611. The van der Waals surface area contributed by atoms with Crippen LogP contribution in [0.15, 0.2) is 29.3 Å². The lowest BCUT2D eigenvalue weighted by molar-refractivity contribution is 0.415. The first-order valence-electron chi connectivity index (χ1n) is 8.46. The highest BCUT2D eigenvalue weighted by Gasteiger charge is 2.23. The van der Waals surface area contributed by atoms with Gasteiger partial charge in [-0.1, -0.05) is 19.9 Å². The maximum absolute atomic E-state index is 5.32. The van der Waals surface area contributed by atoms with E-state index in [1.165, 1.54) is 12.1 Å². The lowest BCUT2D eigenvalue weighted by atomic mass is 10.1. The third-order valence-electron chi connectivity index (χ3n) is 4.16. The monoisotopic (exact) mass is 446 g/mol. The third-order valence-corrected chi connectivity index (χ3v) is 4.16. The van der Waals surface area contributed by atoms with Crippen molar-refractivity contribution in [2.75, 3.05) is 45.2 Å². The highest BCUT2D eigenvalue weighted by molar-refractivity contribution is 14.0. The van der Waals surface area contributed by atoms with Crippen molar-refractivity contribution in [2.24, 2.45) is 16.8 Å². The molecule has 2 N–H and O–H groups in total. The Balaban J connectivity index is 0.00000288. The molecule has 0 aliphatic carbocycles. The first-order chi connectivity index (χ1) is 11.1. The van der Waals surface area contributed by atoms with Crippen molar-refractivity contribution >= 4 is 35.6 Å². The van der Waals surface area contributed by atoms with Gasteiger partial charge in [0.15, 0.2) is 5.96 Å². The van der Waals surface area contributed by atoms with E-state index in [1.54, 1.807) is 7.11 Å². The van der Waals surface area contributed by atoms with Crippen LogP contribution < -0.4 is 20.3 Å². The molecule has 1 aromatic carbocycles. The van der Waals surface area contributed by atoms with E-state index in [1.807, 2.05) is 13.1 Å². The van der Waals surface area contributed by atoms with Crippen LogP contribution in [0.5, 0.6) is 5.75 Å². The van der Waals surface area contributed by atoms with Gasteiger partial charge in [-0.05, 0) is 30.4 Å². The molecule has 0 radical (unpaired) electrons. The van der Waals surface area contributed by atoms with Crippen LogP contribution in [0.25, 0.3) is 0 Å². The molecule has 0 spiro atoms. The van der Waals surface area contributed by atoms with E-state index in [4.69, 9.17) is 4.74 Å². The molecule has 0 aromatic heterocycles. The number of ether oxygens (including phenoxy) is 1. The number of hydrogen-bond donors (Lipinski definition) is 2. The van der Waals surface area contributed by atoms with Gasteiger partial charge in [0.25, 0.3) is 0 Å². The molecule has 1 aliphatic heterocycles. The van der Waals surface area contributed by atoms with Gasteiger partial charge in [-0.3, -0.25) is 4.99 Å². The van der Waals surface area contributed by atoms with Gasteiger partial charge in [0, 0.05) is 45.0 Å². The molecule has 1 fully saturated rings. The molecular formula is C18H31IN4O. The summed E-state index contributed by atoms with van der Waals surface area (Å²) >= 11 is 0. The van der Waals surface area contributed by atoms with Gasteiger partial charge in [-0.2, -0.15) is 0 Å².